The van der Waals surface area contributed by atoms with Crippen LogP contribution in [0.2, 0.25) is 0 Å². The summed E-state index contributed by atoms with van der Waals surface area (Å²) in [6.07, 6.45) is -0.0693. The molecule has 2 aromatic carbocycles. The molecule has 1 saturated carbocycles. The van der Waals surface area contributed by atoms with Crippen molar-refractivity contribution in [1.82, 2.24) is 30.1 Å². The van der Waals surface area contributed by atoms with E-state index < -0.39 is 11.7 Å². The van der Waals surface area contributed by atoms with Gasteiger partial charge >= 0.3 is 6.18 Å². The molecule has 0 N–H and O–H groups in total. The number of thiazole rings is 1. The van der Waals surface area contributed by atoms with Crippen molar-refractivity contribution in [1.29, 1.82) is 0 Å². The highest BCUT2D eigenvalue weighted by molar-refractivity contribution is 7.22. The van der Waals surface area contributed by atoms with Crippen LogP contribution in [0.25, 0.3) is 10.2 Å². The van der Waals surface area contributed by atoms with Crippen molar-refractivity contribution in [2.24, 2.45) is 0 Å². The van der Waals surface area contributed by atoms with Gasteiger partial charge in [-0.05, 0) is 53.1 Å². The smallest absolute Gasteiger partial charge is 0.345 e. The van der Waals surface area contributed by atoms with Crippen LogP contribution in [0.1, 0.15) is 54.7 Å². The van der Waals surface area contributed by atoms with Crippen LogP contribution >= 0.6 is 11.3 Å². The maximum atomic E-state index is 13.2. The lowest BCUT2D eigenvalue weighted by Gasteiger charge is -2.39. The van der Waals surface area contributed by atoms with E-state index in [0.29, 0.717) is 5.82 Å². The first-order valence-corrected chi connectivity index (χ1v) is 13.1. The summed E-state index contributed by atoms with van der Waals surface area (Å²) in [5, 5.41) is 13.7. The van der Waals surface area contributed by atoms with E-state index in [0.717, 1.165) is 84.9 Å². The minimum atomic E-state index is -4.37. The highest BCUT2D eigenvalue weighted by Gasteiger charge is 2.35. The fourth-order valence-electron chi connectivity index (χ4n) is 5.33. The molecular formula is C25H26F3N7S. The summed E-state index contributed by atoms with van der Waals surface area (Å²) >= 11 is 1.68. The van der Waals surface area contributed by atoms with Gasteiger partial charge in [0.1, 0.15) is 0 Å². The molecule has 0 bridgehead atoms. The predicted octanol–water partition coefficient (Wildman–Crippen LogP) is 5.33. The Morgan fingerprint density at radius 3 is 2.33 bits per heavy atom. The van der Waals surface area contributed by atoms with E-state index in [-0.39, 0.29) is 12.1 Å². The maximum Gasteiger partial charge on any atom is 0.416 e. The second-order valence-electron chi connectivity index (χ2n) is 9.43. The molecule has 1 saturated heterocycles. The predicted molar refractivity (Wildman–Crippen MR) is 132 cm³/mol. The topological polar surface area (TPSA) is 63.0 Å². The highest BCUT2D eigenvalue weighted by atomic mass is 32.1. The summed E-state index contributed by atoms with van der Waals surface area (Å²) < 4.78 is 42.8. The Bertz CT molecular complexity index is 1290. The van der Waals surface area contributed by atoms with E-state index in [1.807, 2.05) is 22.9 Å². The molecule has 3 heterocycles. The number of alkyl halides is 3. The number of para-hydroxylation sites is 1. The average molecular weight is 514 g/mol. The van der Waals surface area contributed by atoms with Gasteiger partial charge in [-0.25, -0.2) is 9.67 Å². The number of aromatic nitrogens is 5. The summed E-state index contributed by atoms with van der Waals surface area (Å²) in [6, 6.07) is 13.5. The number of hydrogen-bond acceptors (Lipinski definition) is 7. The molecule has 1 unspecified atom stereocenters. The lowest BCUT2D eigenvalue weighted by atomic mass is 10.0. The van der Waals surface area contributed by atoms with Gasteiger partial charge in [-0.2, -0.15) is 13.2 Å². The van der Waals surface area contributed by atoms with Crippen LogP contribution < -0.4 is 4.90 Å². The Morgan fingerprint density at radius 1 is 0.917 bits per heavy atom. The molecule has 0 amide bonds. The number of tetrazole rings is 1. The minimum absolute atomic E-state index is 0.232. The quantitative estimate of drug-likeness (QED) is 0.360. The first kappa shape index (κ1) is 23.4. The van der Waals surface area contributed by atoms with Crippen LogP contribution in [0, 0.1) is 0 Å². The lowest BCUT2D eigenvalue weighted by Crippen LogP contribution is -2.48. The van der Waals surface area contributed by atoms with Gasteiger partial charge in [0.05, 0.1) is 27.9 Å². The number of benzene rings is 2. The number of halogens is 3. The Balaban J connectivity index is 1.29. The molecule has 2 aliphatic rings. The molecule has 11 heteroatoms. The van der Waals surface area contributed by atoms with Crippen LogP contribution in [0.3, 0.4) is 0 Å². The largest absolute Gasteiger partial charge is 0.416 e. The van der Waals surface area contributed by atoms with Crippen molar-refractivity contribution in [3.8, 4) is 0 Å². The van der Waals surface area contributed by atoms with Crippen molar-refractivity contribution >= 4 is 26.7 Å². The number of nitrogens with zero attached hydrogens (tertiary/aromatic N) is 7. The molecule has 1 aliphatic carbocycles. The first-order valence-electron chi connectivity index (χ1n) is 12.3. The molecule has 36 heavy (non-hydrogen) atoms. The second-order valence-corrected chi connectivity index (χ2v) is 10.4. The van der Waals surface area contributed by atoms with Gasteiger partial charge in [-0.1, -0.05) is 48.4 Å². The summed E-state index contributed by atoms with van der Waals surface area (Å²) in [7, 11) is 0. The van der Waals surface area contributed by atoms with E-state index in [9.17, 15) is 13.2 Å². The molecular weight excluding hydrogens is 487 g/mol. The van der Waals surface area contributed by atoms with Crippen LogP contribution in [-0.4, -0.2) is 56.3 Å². The van der Waals surface area contributed by atoms with E-state index in [1.165, 1.54) is 0 Å². The van der Waals surface area contributed by atoms with E-state index in [1.54, 1.807) is 23.5 Å². The number of rotatable bonds is 5. The number of fused-ring (bicyclic) bond motifs is 1. The van der Waals surface area contributed by atoms with Crippen molar-refractivity contribution in [2.75, 3.05) is 31.1 Å². The van der Waals surface area contributed by atoms with Gasteiger partial charge in [0.15, 0.2) is 11.0 Å². The Kier molecular flexibility index (Phi) is 6.12. The number of piperazine rings is 1. The Morgan fingerprint density at radius 2 is 1.64 bits per heavy atom. The van der Waals surface area contributed by atoms with Crippen molar-refractivity contribution in [2.45, 2.75) is 43.9 Å². The monoisotopic (exact) mass is 513 g/mol. The van der Waals surface area contributed by atoms with Crippen molar-refractivity contribution < 1.29 is 13.2 Å². The highest BCUT2D eigenvalue weighted by Crippen LogP contribution is 2.37. The number of hydrogen-bond donors (Lipinski definition) is 0. The van der Waals surface area contributed by atoms with E-state index in [4.69, 9.17) is 4.98 Å². The molecule has 2 aromatic heterocycles. The summed E-state index contributed by atoms with van der Waals surface area (Å²) in [5.41, 5.74) is 1.12. The Labute approximate surface area is 210 Å². The van der Waals surface area contributed by atoms with Gasteiger partial charge in [0, 0.05) is 26.2 Å². The van der Waals surface area contributed by atoms with E-state index in [2.05, 4.69) is 31.4 Å². The molecule has 1 atom stereocenters. The maximum absolute atomic E-state index is 13.2. The molecule has 2 fully saturated rings. The van der Waals surface area contributed by atoms with Crippen molar-refractivity contribution in [3.63, 3.8) is 0 Å². The molecule has 7 nitrogen and oxygen atoms in total. The third-order valence-electron chi connectivity index (χ3n) is 7.22. The molecule has 1 aliphatic heterocycles. The molecule has 4 aromatic rings. The first-order chi connectivity index (χ1) is 17.5. The summed E-state index contributed by atoms with van der Waals surface area (Å²) in [5.74, 6) is 0.704. The van der Waals surface area contributed by atoms with Crippen LogP contribution in [0.15, 0.2) is 48.5 Å². The standard InChI is InChI=1S/C25H26F3N7S/c26-25(27,28)18-11-9-17(10-12-18)22(23-30-31-32-35(23)19-5-1-2-6-19)33-13-15-34(16-14-33)24-29-20-7-3-4-8-21(20)36-24/h3-4,7-12,19,22H,1-2,5-6,13-16H2. The van der Waals surface area contributed by atoms with Gasteiger partial charge in [0.2, 0.25) is 0 Å². The van der Waals surface area contributed by atoms with Crippen LogP contribution in [-0.2, 0) is 6.18 Å². The van der Waals surface area contributed by atoms with Gasteiger partial charge in [0.25, 0.3) is 0 Å². The normalized spacial score (nSPS) is 18.8. The SMILES string of the molecule is FC(F)(F)c1ccc(C(c2nnnn2C2CCCC2)N2CCN(c3nc4ccccc4s3)CC2)cc1. The van der Waals surface area contributed by atoms with Gasteiger partial charge < -0.3 is 4.90 Å². The third-order valence-corrected chi connectivity index (χ3v) is 8.32. The van der Waals surface area contributed by atoms with Crippen molar-refractivity contribution in [3.05, 3.63) is 65.5 Å². The summed E-state index contributed by atoms with van der Waals surface area (Å²) in [6.45, 7) is 2.97. The van der Waals surface area contributed by atoms with E-state index >= 15 is 0 Å². The van der Waals surface area contributed by atoms with Gasteiger partial charge in [-0.3, -0.25) is 4.90 Å². The zero-order valence-electron chi connectivity index (χ0n) is 19.6. The number of anilines is 1. The molecule has 188 valence electrons. The minimum Gasteiger partial charge on any atom is -0.345 e. The zero-order valence-corrected chi connectivity index (χ0v) is 20.4. The fourth-order valence-corrected chi connectivity index (χ4v) is 6.35. The third kappa shape index (κ3) is 4.45. The zero-order chi connectivity index (χ0) is 24.7. The van der Waals surface area contributed by atoms with Crippen LogP contribution in [0.5, 0.6) is 0 Å². The summed E-state index contributed by atoms with van der Waals surface area (Å²) in [4.78, 5) is 9.36. The average Bonchev–Trinajstić information content (AvgIpc) is 3.65. The molecule has 6 rings (SSSR count). The Hall–Kier alpha value is -3.05. The fraction of sp³-hybridized carbons (Fsp3) is 0.440. The molecule has 0 spiro atoms. The van der Waals surface area contributed by atoms with Gasteiger partial charge in [-0.15, -0.1) is 5.10 Å². The lowest BCUT2D eigenvalue weighted by molar-refractivity contribution is -0.137. The van der Waals surface area contributed by atoms with Crippen LogP contribution in [0.4, 0.5) is 18.3 Å². The second kappa shape index (κ2) is 9.44. The molecule has 0 radical (unpaired) electrons.